The normalized spacial score (nSPS) is 11.1. The molecule has 0 aromatic heterocycles. The maximum atomic E-state index is 11.6. The third kappa shape index (κ3) is 4.83. The summed E-state index contributed by atoms with van der Waals surface area (Å²) in [6, 6.07) is 4.58. The first kappa shape index (κ1) is 16.0. The standard InChI is InChI=1S/C12H16BrNO4S/c1-3-7-19(16,17)14-11-6-5-9(8-10(11)13)12(15)18-4-2/h5-6,8,14H,3-4,7H2,1-2H3. The van der Waals surface area contributed by atoms with Gasteiger partial charge in [-0.2, -0.15) is 0 Å². The maximum Gasteiger partial charge on any atom is 0.338 e. The molecule has 0 aliphatic carbocycles. The Morgan fingerprint density at radius 2 is 2.05 bits per heavy atom. The largest absolute Gasteiger partial charge is 0.462 e. The zero-order chi connectivity index (χ0) is 14.5. The van der Waals surface area contributed by atoms with E-state index < -0.39 is 16.0 Å². The summed E-state index contributed by atoms with van der Waals surface area (Å²) in [5.41, 5.74) is 0.772. The minimum Gasteiger partial charge on any atom is -0.462 e. The lowest BCUT2D eigenvalue weighted by Gasteiger charge is -2.10. The summed E-state index contributed by atoms with van der Waals surface area (Å²) in [4.78, 5) is 11.5. The molecule has 0 fully saturated rings. The number of carbonyl (C=O) groups excluding carboxylic acids is 1. The van der Waals surface area contributed by atoms with Crippen molar-refractivity contribution in [3.05, 3.63) is 28.2 Å². The van der Waals surface area contributed by atoms with Crippen LogP contribution >= 0.6 is 15.9 Å². The molecule has 0 aliphatic heterocycles. The molecule has 0 saturated heterocycles. The maximum absolute atomic E-state index is 11.6. The minimum absolute atomic E-state index is 0.0546. The molecule has 1 rings (SSSR count). The van der Waals surface area contributed by atoms with Crippen molar-refractivity contribution in [2.45, 2.75) is 20.3 Å². The van der Waals surface area contributed by atoms with E-state index in [1.165, 1.54) is 18.2 Å². The Labute approximate surface area is 121 Å². The van der Waals surface area contributed by atoms with Gasteiger partial charge in [0, 0.05) is 4.47 Å². The number of hydrogen-bond acceptors (Lipinski definition) is 4. The minimum atomic E-state index is -3.35. The summed E-state index contributed by atoms with van der Waals surface area (Å²) in [5, 5.41) is 0. The van der Waals surface area contributed by atoms with Gasteiger partial charge in [0.15, 0.2) is 0 Å². The average molecular weight is 350 g/mol. The third-order valence-corrected chi connectivity index (χ3v) is 4.35. The molecule has 0 unspecified atom stereocenters. The smallest absolute Gasteiger partial charge is 0.338 e. The summed E-state index contributed by atoms with van der Waals surface area (Å²) >= 11 is 3.24. The number of ether oxygens (including phenoxy) is 1. The van der Waals surface area contributed by atoms with Crippen molar-refractivity contribution in [1.82, 2.24) is 0 Å². The Balaban J connectivity index is 2.92. The lowest BCUT2D eigenvalue weighted by molar-refractivity contribution is 0.0526. The SMILES string of the molecule is CCCS(=O)(=O)Nc1ccc(C(=O)OCC)cc1Br. The van der Waals surface area contributed by atoms with Gasteiger partial charge in [-0.25, -0.2) is 13.2 Å². The number of benzene rings is 1. The first-order valence-electron chi connectivity index (χ1n) is 5.86. The second kappa shape index (κ2) is 6.91. The molecule has 106 valence electrons. The Hall–Kier alpha value is -1.08. The third-order valence-electron chi connectivity index (χ3n) is 2.22. The number of anilines is 1. The van der Waals surface area contributed by atoms with Gasteiger partial charge in [-0.1, -0.05) is 6.92 Å². The van der Waals surface area contributed by atoms with Gasteiger partial charge in [0.2, 0.25) is 10.0 Å². The van der Waals surface area contributed by atoms with Gasteiger partial charge in [0.25, 0.3) is 0 Å². The van der Waals surface area contributed by atoms with Crippen LogP contribution in [0.2, 0.25) is 0 Å². The molecule has 1 aromatic carbocycles. The molecule has 1 aromatic rings. The highest BCUT2D eigenvalue weighted by Crippen LogP contribution is 2.25. The Bertz CT molecular complexity index is 557. The molecule has 0 amide bonds. The number of rotatable bonds is 6. The summed E-state index contributed by atoms with van der Waals surface area (Å²) in [6.07, 6.45) is 0.536. The fourth-order valence-electron chi connectivity index (χ4n) is 1.43. The van der Waals surface area contributed by atoms with Gasteiger partial charge in [-0.15, -0.1) is 0 Å². The molecule has 0 bridgehead atoms. The van der Waals surface area contributed by atoms with Gasteiger partial charge in [-0.05, 0) is 47.5 Å². The number of hydrogen-bond donors (Lipinski definition) is 1. The monoisotopic (exact) mass is 349 g/mol. The first-order valence-corrected chi connectivity index (χ1v) is 8.31. The number of esters is 1. The van der Waals surface area contributed by atoms with Crippen molar-refractivity contribution in [3.8, 4) is 0 Å². The van der Waals surface area contributed by atoms with E-state index in [0.29, 0.717) is 28.8 Å². The molecule has 19 heavy (non-hydrogen) atoms. The molecule has 0 atom stereocenters. The summed E-state index contributed by atoms with van der Waals surface area (Å²) in [5.74, 6) is -0.384. The lowest BCUT2D eigenvalue weighted by atomic mass is 10.2. The first-order chi connectivity index (χ1) is 8.89. The van der Waals surface area contributed by atoms with Crippen LogP contribution in [0.4, 0.5) is 5.69 Å². The number of sulfonamides is 1. The van der Waals surface area contributed by atoms with Crippen molar-refractivity contribution < 1.29 is 17.9 Å². The van der Waals surface area contributed by atoms with E-state index in [-0.39, 0.29) is 5.75 Å². The van der Waals surface area contributed by atoms with Gasteiger partial charge in [0.05, 0.1) is 23.6 Å². The van der Waals surface area contributed by atoms with Crippen LogP contribution in [0, 0.1) is 0 Å². The number of halogens is 1. The van der Waals surface area contributed by atoms with E-state index in [1.807, 2.05) is 0 Å². The van der Waals surface area contributed by atoms with Crippen LogP contribution in [0.15, 0.2) is 22.7 Å². The molecule has 0 radical (unpaired) electrons. The van der Waals surface area contributed by atoms with E-state index in [2.05, 4.69) is 20.7 Å². The van der Waals surface area contributed by atoms with E-state index in [1.54, 1.807) is 13.8 Å². The molecular formula is C12H16BrNO4S. The number of carbonyl (C=O) groups is 1. The van der Waals surface area contributed by atoms with Crippen molar-refractivity contribution in [1.29, 1.82) is 0 Å². The van der Waals surface area contributed by atoms with Crippen molar-refractivity contribution in [2.75, 3.05) is 17.1 Å². The van der Waals surface area contributed by atoms with Gasteiger partial charge >= 0.3 is 5.97 Å². The molecular weight excluding hydrogens is 334 g/mol. The molecule has 0 saturated carbocycles. The Kier molecular flexibility index (Phi) is 5.81. The highest BCUT2D eigenvalue weighted by Gasteiger charge is 2.13. The highest BCUT2D eigenvalue weighted by atomic mass is 79.9. The summed E-state index contributed by atoms with van der Waals surface area (Å²) < 4.78 is 31.1. The summed E-state index contributed by atoms with van der Waals surface area (Å²) in [6.45, 7) is 3.81. The Morgan fingerprint density at radius 3 is 2.58 bits per heavy atom. The van der Waals surface area contributed by atoms with Gasteiger partial charge < -0.3 is 4.74 Å². The zero-order valence-electron chi connectivity index (χ0n) is 10.8. The summed E-state index contributed by atoms with van der Waals surface area (Å²) in [7, 11) is -3.35. The Morgan fingerprint density at radius 1 is 1.37 bits per heavy atom. The predicted octanol–water partition coefficient (Wildman–Crippen LogP) is 2.78. The quantitative estimate of drug-likeness (QED) is 0.801. The molecule has 7 heteroatoms. The second-order valence-electron chi connectivity index (χ2n) is 3.84. The van der Waals surface area contributed by atoms with Crippen LogP contribution in [0.5, 0.6) is 0 Å². The van der Waals surface area contributed by atoms with Crippen molar-refractivity contribution >= 4 is 37.6 Å². The van der Waals surface area contributed by atoms with E-state index in [4.69, 9.17) is 4.74 Å². The number of nitrogens with one attached hydrogen (secondary N) is 1. The van der Waals surface area contributed by atoms with Gasteiger partial charge in [-0.3, -0.25) is 4.72 Å². The van der Waals surface area contributed by atoms with Crippen LogP contribution in [0.3, 0.4) is 0 Å². The topological polar surface area (TPSA) is 72.5 Å². The molecule has 5 nitrogen and oxygen atoms in total. The van der Waals surface area contributed by atoms with E-state index in [9.17, 15) is 13.2 Å². The zero-order valence-corrected chi connectivity index (χ0v) is 13.2. The molecule has 0 aliphatic rings. The molecule has 1 N–H and O–H groups in total. The molecule has 0 spiro atoms. The fourth-order valence-corrected chi connectivity index (χ4v) is 3.19. The second-order valence-corrected chi connectivity index (χ2v) is 6.53. The average Bonchev–Trinajstić information content (AvgIpc) is 2.31. The van der Waals surface area contributed by atoms with Crippen LogP contribution in [-0.4, -0.2) is 26.7 Å². The lowest BCUT2D eigenvalue weighted by Crippen LogP contribution is -2.16. The predicted molar refractivity (Wildman–Crippen MR) is 77.8 cm³/mol. The van der Waals surface area contributed by atoms with Crippen molar-refractivity contribution in [2.24, 2.45) is 0 Å². The van der Waals surface area contributed by atoms with Crippen LogP contribution < -0.4 is 4.72 Å². The highest BCUT2D eigenvalue weighted by molar-refractivity contribution is 9.10. The van der Waals surface area contributed by atoms with E-state index in [0.717, 1.165) is 0 Å². The van der Waals surface area contributed by atoms with Crippen LogP contribution in [-0.2, 0) is 14.8 Å². The fraction of sp³-hybridized carbons (Fsp3) is 0.417. The van der Waals surface area contributed by atoms with Crippen molar-refractivity contribution in [3.63, 3.8) is 0 Å². The van der Waals surface area contributed by atoms with Crippen LogP contribution in [0.1, 0.15) is 30.6 Å². The van der Waals surface area contributed by atoms with Gasteiger partial charge in [0.1, 0.15) is 0 Å². The molecule has 0 heterocycles. The van der Waals surface area contributed by atoms with E-state index >= 15 is 0 Å². The van der Waals surface area contributed by atoms with Crippen LogP contribution in [0.25, 0.3) is 0 Å².